The molecule has 0 aliphatic carbocycles. The molecule has 2 aliphatic rings. The zero-order chi connectivity index (χ0) is 16.4. The maximum Gasteiger partial charge on any atom is 0.191 e. The zero-order valence-electron chi connectivity index (χ0n) is 14.0. The molecule has 128 valence electrons. The first-order valence-corrected chi connectivity index (χ1v) is 8.82. The molecule has 0 aromatic carbocycles. The van der Waals surface area contributed by atoms with E-state index in [0.29, 0.717) is 24.8 Å². The third kappa shape index (κ3) is 3.08. The number of aliphatic imine (C=N–C) groups is 1. The van der Waals surface area contributed by atoms with Gasteiger partial charge >= 0.3 is 0 Å². The standard InChI is InChI=1S/C17H24N6O/c1-2-18-17(20-13-11-12-6-7-14(13)24-12)19-9-8-16-22-21-15-5-3-4-10-23(15)16/h3-5,10,12-14H,2,6-9,11H2,1H3,(H2,18,19,20). The number of ether oxygens (including phenoxy) is 1. The van der Waals surface area contributed by atoms with Crippen LogP contribution >= 0.6 is 0 Å². The molecule has 0 radical (unpaired) electrons. The van der Waals surface area contributed by atoms with Gasteiger partial charge in [-0.05, 0) is 38.3 Å². The number of fused-ring (bicyclic) bond motifs is 3. The number of hydrogen-bond donors (Lipinski definition) is 2. The minimum Gasteiger partial charge on any atom is -0.373 e. The lowest BCUT2D eigenvalue weighted by atomic mass is 9.96. The van der Waals surface area contributed by atoms with Crippen molar-refractivity contribution in [2.75, 3.05) is 13.1 Å². The van der Waals surface area contributed by atoms with Gasteiger partial charge in [0.1, 0.15) is 5.82 Å². The van der Waals surface area contributed by atoms with Crippen LogP contribution in [-0.4, -0.2) is 51.9 Å². The fourth-order valence-corrected chi connectivity index (χ4v) is 3.61. The highest BCUT2D eigenvalue weighted by Crippen LogP contribution is 2.34. The highest BCUT2D eigenvalue weighted by molar-refractivity contribution is 5.80. The van der Waals surface area contributed by atoms with Gasteiger partial charge < -0.3 is 15.4 Å². The van der Waals surface area contributed by atoms with E-state index >= 15 is 0 Å². The summed E-state index contributed by atoms with van der Waals surface area (Å²) in [6.45, 7) is 3.61. The van der Waals surface area contributed by atoms with Crippen molar-refractivity contribution in [2.24, 2.45) is 4.99 Å². The van der Waals surface area contributed by atoms with Crippen LogP contribution in [0.15, 0.2) is 29.4 Å². The van der Waals surface area contributed by atoms with Gasteiger partial charge in [-0.15, -0.1) is 10.2 Å². The summed E-state index contributed by atoms with van der Waals surface area (Å²) in [4.78, 5) is 4.70. The van der Waals surface area contributed by atoms with Gasteiger partial charge in [-0.25, -0.2) is 0 Å². The van der Waals surface area contributed by atoms with Gasteiger partial charge in [0.25, 0.3) is 0 Å². The van der Waals surface area contributed by atoms with Crippen LogP contribution in [0, 0.1) is 0 Å². The maximum absolute atomic E-state index is 5.91. The molecule has 24 heavy (non-hydrogen) atoms. The smallest absolute Gasteiger partial charge is 0.191 e. The van der Waals surface area contributed by atoms with E-state index in [2.05, 4.69) is 27.8 Å². The van der Waals surface area contributed by atoms with Crippen molar-refractivity contribution in [2.45, 2.75) is 50.9 Å². The molecule has 2 aliphatic heterocycles. The molecule has 7 nitrogen and oxygen atoms in total. The van der Waals surface area contributed by atoms with Crippen LogP contribution in [-0.2, 0) is 11.2 Å². The summed E-state index contributed by atoms with van der Waals surface area (Å²) in [5.74, 6) is 1.81. The van der Waals surface area contributed by atoms with Crippen LogP contribution < -0.4 is 10.6 Å². The molecule has 2 saturated heterocycles. The Labute approximate surface area is 141 Å². The molecule has 0 amide bonds. The predicted molar refractivity (Wildman–Crippen MR) is 92.1 cm³/mol. The average molecular weight is 328 g/mol. The van der Waals surface area contributed by atoms with E-state index in [4.69, 9.17) is 9.73 Å². The van der Waals surface area contributed by atoms with Crippen LogP contribution in [0.25, 0.3) is 5.65 Å². The summed E-state index contributed by atoms with van der Waals surface area (Å²) in [5, 5.41) is 15.3. The first-order valence-electron chi connectivity index (χ1n) is 8.82. The lowest BCUT2D eigenvalue weighted by Gasteiger charge is -2.22. The fraction of sp³-hybridized carbons (Fsp3) is 0.588. The van der Waals surface area contributed by atoms with Crippen LogP contribution in [0.2, 0.25) is 0 Å². The summed E-state index contributed by atoms with van der Waals surface area (Å²) in [5.41, 5.74) is 0.876. The van der Waals surface area contributed by atoms with Gasteiger partial charge in [-0.1, -0.05) is 6.07 Å². The van der Waals surface area contributed by atoms with Crippen molar-refractivity contribution < 1.29 is 4.74 Å². The Kier molecular flexibility index (Phi) is 4.34. The lowest BCUT2D eigenvalue weighted by molar-refractivity contribution is 0.0992. The van der Waals surface area contributed by atoms with Gasteiger partial charge in [0.15, 0.2) is 11.6 Å². The summed E-state index contributed by atoms with van der Waals surface area (Å²) < 4.78 is 7.92. The van der Waals surface area contributed by atoms with Crippen LogP contribution in [0.4, 0.5) is 0 Å². The molecule has 2 aromatic heterocycles. The lowest BCUT2D eigenvalue weighted by Crippen LogP contribution is -2.47. The summed E-state index contributed by atoms with van der Waals surface area (Å²) in [6.07, 6.45) is 6.99. The first-order chi connectivity index (χ1) is 11.8. The number of pyridine rings is 1. The van der Waals surface area contributed by atoms with E-state index in [1.807, 2.05) is 28.8 Å². The Balaban J connectivity index is 1.38. The topological polar surface area (TPSA) is 75.8 Å². The molecule has 2 N–H and O–H groups in total. The van der Waals surface area contributed by atoms with Gasteiger partial charge in [0.05, 0.1) is 18.2 Å². The second-order valence-electron chi connectivity index (χ2n) is 6.42. The summed E-state index contributed by atoms with van der Waals surface area (Å²) in [7, 11) is 0. The van der Waals surface area contributed by atoms with Crippen molar-refractivity contribution in [1.29, 1.82) is 0 Å². The average Bonchev–Trinajstić information content (AvgIpc) is 3.31. The Bertz CT molecular complexity index is 727. The molecule has 7 heteroatoms. The number of guanidine groups is 1. The quantitative estimate of drug-likeness (QED) is 0.636. The number of rotatable bonds is 5. The number of nitrogens with one attached hydrogen (secondary N) is 2. The van der Waals surface area contributed by atoms with Gasteiger partial charge in [-0.3, -0.25) is 9.39 Å². The Morgan fingerprint density at radius 2 is 2.33 bits per heavy atom. The highest BCUT2D eigenvalue weighted by Gasteiger charge is 2.41. The van der Waals surface area contributed by atoms with Gasteiger partial charge in [-0.2, -0.15) is 0 Å². The number of nitrogens with zero attached hydrogens (tertiary/aromatic N) is 4. The Hall–Kier alpha value is -2.15. The largest absolute Gasteiger partial charge is 0.373 e. The summed E-state index contributed by atoms with van der Waals surface area (Å²) in [6, 6.07) is 6.30. The van der Waals surface area contributed by atoms with E-state index in [0.717, 1.165) is 43.2 Å². The van der Waals surface area contributed by atoms with E-state index < -0.39 is 0 Å². The summed E-state index contributed by atoms with van der Waals surface area (Å²) >= 11 is 0. The second-order valence-corrected chi connectivity index (χ2v) is 6.42. The molecule has 4 rings (SSSR count). The number of aromatic nitrogens is 3. The van der Waals surface area contributed by atoms with Crippen molar-refractivity contribution in [3.05, 3.63) is 30.2 Å². The maximum atomic E-state index is 5.91. The van der Waals surface area contributed by atoms with E-state index in [1.54, 1.807) is 0 Å². The van der Waals surface area contributed by atoms with Crippen molar-refractivity contribution >= 4 is 11.6 Å². The molecule has 3 atom stereocenters. The second kappa shape index (κ2) is 6.76. The fourth-order valence-electron chi connectivity index (χ4n) is 3.61. The van der Waals surface area contributed by atoms with Crippen LogP contribution in [0.1, 0.15) is 32.0 Å². The molecule has 0 spiro atoms. The zero-order valence-corrected chi connectivity index (χ0v) is 14.0. The molecular weight excluding hydrogens is 304 g/mol. The predicted octanol–water partition coefficient (Wildman–Crippen LogP) is 1.15. The van der Waals surface area contributed by atoms with Gasteiger partial charge in [0.2, 0.25) is 0 Å². The third-order valence-corrected chi connectivity index (χ3v) is 4.76. The molecule has 2 aromatic rings. The normalized spacial score (nSPS) is 26.2. The molecule has 0 saturated carbocycles. The molecule has 2 fully saturated rings. The number of hydrogen-bond acceptors (Lipinski definition) is 4. The molecule has 2 bridgehead atoms. The van der Waals surface area contributed by atoms with Gasteiger partial charge in [0, 0.05) is 25.7 Å². The van der Waals surface area contributed by atoms with Crippen molar-refractivity contribution in [3.8, 4) is 0 Å². The van der Waals surface area contributed by atoms with E-state index in [-0.39, 0.29) is 0 Å². The van der Waals surface area contributed by atoms with Crippen molar-refractivity contribution in [1.82, 2.24) is 25.2 Å². The highest BCUT2D eigenvalue weighted by atomic mass is 16.5. The Morgan fingerprint density at radius 3 is 3.12 bits per heavy atom. The van der Waals surface area contributed by atoms with Crippen LogP contribution in [0.5, 0.6) is 0 Å². The first kappa shape index (κ1) is 15.4. The molecular formula is C17H24N6O. The minimum absolute atomic E-state index is 0.347. The SMILES string of the molecule is CCNC(=NCCc1nnc2ccccn12)NC1CC2CCC1O2. The van der Waals surface area contributed by atoms with Crippen molar-refractivity contribution in [3.63, 3.8) is 0 Å². The van der Waals surface area contributed by atoms with E-state index in [1.165, 1.54) is 6.42 Å². The third-order valence-electron chi connectivity index (χ3n) is 4.76. The minimum atomic E-state index is 0.347. The van der Waals surface area contributed by atoms with E-state index in [9.17, 15) is 0 Å². The molecule has 4 heterocycles. The molecule has 3 unspecified atom stereocenters. The van der Waals surface area contributed by atoms with Crippen LogP contribution in [0.3, 0.4) is 0 Å². The Morgan fingerprint density at radius 1 is 1.38 bits per heavy atom. The monoisotopic (exact) mass is 328 g/mol.